The van der Waals surface area contributed by atoms with Crippen molar-refractivity contribution < 1.29 is 9.72 Å². The standard InChI is InChI=1S/C20H20Cl2N6O3/c1-3-15(5-6-17-19(28(30)31)11-14(22)12-23-17)26(2)20(29)16-10-13(21)4-7-18(16)27-24-8-9-25-27/h4,7-12,15H,3,5-6H2,1-2H3/t15-/m0/s1. The third kappa shape index (κ3) is 5.18. The van der Waals surface area contributed by atoms with Crippen LogP contribution in [0.3, 0.4) is 0 Å². The molecule has 0 aliphatic heterocycles. The number of pyridine rings is 1. The van der Waals surface area contributed by atoms with Crippen LogP contribution in [-0.4, -0.2) is 48.8 Å². The van der Waals surface area contributed by atoms with E-state index in [9.17, 15) is 14.9 Å². The van der Waals surface area contributed by atoms with E-state index in [0.29, 0.717) is 41.2 Å². The molecular weight excluding hydrogens is 443 g/mol. The van der Waals surface area contributed by atoms with E-state index in [4.69, 9.17) is 23.2 Å². The van der Waals surface area contributed by atoms with Crippen LogP contribution >= 0.6 is 23.2 Å². The summed E-state index contributed by atoms with van der Waals surface area (Å²) in [6.45, 7) is 1.95. The molecule has 1 aromatic carbocycles. The predicted molar refractivity (Wildman–Crippen MR) is 117 cm³/mol. The van der Waals surface area contributed by atoms with Crippen molar-refractivity contribution in [2.45, 2.75) is 32.2 Å². The SMILES string of the molecule is CC[C@@H](CCc1ncc(Cl)cc1[N+](=O)[O-])N(C)C(=O)c1cc(Cl)ccc1-n1nccn1. The number of hydrogen-bond acceptors (Lipinski definition) is 6. The Labute approximate surface area is 188 Å². The highest BCUT2D eigenvalue weighted by molar-refractivity contribution is 6.31. The van der Waals surface area contributed by atoms with E-state index < -0.39 is 4.92 Å². The molecule has 0 spiro atoms. The van der Waals surface area contributed by atoms with Crippen LogP contribution < -0.4 is 0 Å². The van der Waals surface area contributed by atoms with Gasteiger partial charge in [-0.15, -0.1) is 0 Å². The largest absolute Gasteiger partial charge is 0.339 e. The van der Waals surface area contributed by atoms with Crippen LogP contribution in [0.1, 0.15) is 35.8 Å². The lowest BCUT2D eigenvalue weighted by molar-refractivity contribution is -0.385. The molecule has 11 heteroatoms. The molecule has 1 amide bonds. The maximum Gasteiger partial charge on any atom is 0.292 e. The zero-order valence-corrected chi connectivity index (χ0v) is 18.4. The van der Waals surface area contributed by atoms with Crippen molar-refractivity contribution in [2.24, 2.45) is 0 Å². The van der Waals surface area contributed by atoms with E-state index >= 15 is 0 Å². The number of aryl methyl sites for hydroxylation is 1. The highest BCUT2D eigenvalue weighted by Crippen LogP contribution is 2.25. The molecular formula is C20H20Cl2N6O3. The van der Waals surface area contributed by atoms with E-state index in [2.05, 4.69) is 15.2 Å². The summed E-state index contributed by atoms with van der Waals surface area (Å²) in [4.78, 5) is 31.2. The first-order valence-corrected chi connectivity index (χ1v) is 10.3. The van der Waals surface area contributed by atoms with Crippen LogP contribution in [0.15, 0.2) is 42.9 Å². The second kappa shape index (κ2) is 9.84. The maximum absolute atomic E-state index is 13.3. The van der Waals surface area contributed by atoms with Crippen molar-refractivity contribution >= 4 is 34.8 Å². The van der Waals surface area contributed by atoms with Crippen molar-refractivity contribution in [3.8, 4) is 5.69 Å². The third-order valence-electron chi connectivity index (χ3n) is 4.99. The average Bonchev–Trinajstić information content (AvgIpc) is 3.28. The molecule has 0 saturated heterocycles. The van der Waals surface area contributed by atoms with Crippen molar-refractivity contribution in [1.82, 2.24) is 24.9 Å². The van der Waals surface area contributed by atoms with Crippen LogP contribution in [0, 0.1) is 10.1 Å². The summed E-state index contributed by atoms with van der Waals surface area (Å²) in [7, 11) is 1.70. The Morgan fingerprint density at radius 3 is 2.58 bits per heavy atom. The zero-order chi connectivity index (χ0) is 22.5. The minimum absolute atomic E-state index is 0.127. The van der Waals surface area contributed by atoms with Gasteiger partial charge in [-0.25, -0.2) is 0 Å². The van der Waals surface area contributed by atoms with Crippen LogP contribution in [0.2, 0.25) is 10.0 Å². The quantitative estimate of drug-likeness (QED) is 0.363. The Balaban J connectivity index is 1.82. The molecule has 9 nitrogen and oxygen atoms in total. The topological polar surface area (TPSA) is 107 Å². The third-order valence-corrected chi connectivity index (χ3v) is 5.43. The molecule has 0 aliphatic rings. The van der Waals surface area contributed by atoms with Crippen LogP contribution in [-0.2, 0) is 6.42 Å². The highest BCUT2D eigenvalue weighted by atomic mass is 35.5. The smallest absolute Gasteiger partial charge is 0.292 e. The first-order chi connectivity index (χ1) is 14.8. The summed E-state index contributed by atoms with van der Waals surface area (Å²) >= 11 is 12.0. The molecule has 0 N–H and O–H groups in total. The van der Waals surface area contributed by atoms with E-state index in [-0.39, 0.29) is 22.7 Å². The number of amides is 1. The number of hydrogen-bond donors (Lipinski definition) is 0. The Hall–Kier alpha value is -3.04. The molecule has 2 aromatic heterocycles. The molecule has 3 aromatic rings. The first-order valence-electron chi connectivity index (χ1n) is 9.54. The number of halogens is 2. The normalized spacial score (nSPS) is 11.9. The fraction of sp³-hybridized carbons (Fsp3) is 0.300. The summed E-state index contributed by atoms with van der Waals surface area (Å²) in [6, 6.07) is 6.04. The van der Waals surface area contributed by atoms with Gasteiger partial charge in [0, 0.05) is 30.4 Å². The molecule has 162 valence electrons. The van der Waals surface area contributed by atoms with Crippen LogP contribution in [0.25, 0.3) is 5.69 Å². The van der Waals surface area contributed by atoms with E-state index in [1.165, 1.54) is 29.5 Å². The van der Waals surface area contributed by atoms with Gasteiger partial charge in [0.25, 0.3) is 11.6 Å². The van der Waals surface area contributed by atoms with E-state index in [1.807, 2.05) is 6.92 Å². The summed E-state index contributed by atoms with van der Waals surface area (Å²) in [5.74, 6) is -0.250. The number of carbonyl (C=O) groups is 1. The monoisotopic (exact) mass is 462 g/mol. The van der Waals surface area contributed by atoms with Crippen molar-refractivity contribution in [3.63, 3.8) is 0 Å². The van der Waals surface area contributed by atoms with Gasteiger partial charge >= 0.3 is 0 Å². The van der Waals surface area contributed by atoms with E-state index in [0.717, 1.165) is 0 Å². The fourth-order valence-electron chi connectivity index (χ4n) is 3.33. The molecule has 0 aliphatic carbocycles. The van der Waals surface area contributed by atoms with Crippen molar-refractivity contribution in [1.29, 1.82) is 0 Å². The van der Waals surface area contributed by atoms with Gasteiger partial charge in [0.05, 0.1) is 33.6 Å². The fourth-order valence-corrected chi connectivity index (χ4v) is 3.66. The molecule has 1 atom stereocenters. The Kier molecular flexibility index (Phi) is 7.19. The molecule has 0 saturated carbocycles. The lowest BCUT2D eigenvalue weighted by atomic mass is 10.0. The average molecular weight is 463 g/mol. The number of rotatable bonds is 8. The second-order valence-electron chi connectivity index (χ2n) is 6.87. The van der Waals surface area contributed by atoms with Crippen molar-refractivity contribution in [2.75, 3.05) is 7.05 Å². The number of nitrogens with zero attached hydrogens (tertiary/aromatic N) is 6. The van der Waals surface area contributed by atoms with Gasteiger partial charge in [-0.3, -0.25) is 19.9 Å². The van der Waals surface area contributed by atoms with Gasteiger partial charge in [-0.1, -0.05) is 30.1 Å². The van der Waals surface area contributed by atoms with Crippen LogP contribution in [0.4, 0.5) is 5.69 Å². The first kappa shape index (κ1) is 22.6. The predicted octanol–water partition coefficient (Wildman–Crippen LogP) is 4.36. The van der Waals surface area contributed by atoms with Gasteiger partial charge in [0.2, 0.25) is 0 Å². The number of aromatic nitrogens is 4. The lowest BCUT2D eigenvalue weighted by Crippen LogP contribution is -2.37. The van der Waals surface area contributed by atoms with Gasteiger partial charge in [0.15, 0.2) is 0 Å². The van der Waals surface area contributed by atoms with Gasteiger partial charge in [-0.2, -0.15) is 15.0 Å². The minimum atomic E-state index is -0.501. The van der Waals surface area contributed by atoms with Crippen molar-refractivity contribution in [3.05, 3.63) is 74.3 Å². The molecule has 31 heavy (non-hydrogen) atoms. The Morgan fingerprint density at radius 2 is 1.94 bits per heavy atom. The van der Waals surface area contributed by atoms with Crippen LogP contribution in [0.5, 0.6) is 0 Å². The number of carbonyl (C=O) groups excluding carboxylic acids is 1. The Morgan fingerprint density at radius 1 is 1.23 bits per heavy atom. The Bertz CT molecular complexity index is 1090. The summed E-state index contributed by atoms with van der Waals surface area (Å²) in [5.41, 5.74) is 1.08. The maximum atomic E-state index is 13.3. The second-order valence-corrected chi connectivity index (χ2v) is 7.75. The number of benzene rings is 1. The zero-order valence-electron chi connectivity index (χ0n) is 16.9. The minimum Gasteiger partial charge on any atom is -0.339 e. The summed E-state index contributed by atoms with van der Waals surface area (Å²) in [6.07, 6.45) is 5.90. The number of nitro groups is 1. The highest BCUT2D eigenvalue weighted by Gasteiger charge is 2.25. The molecule has 2 heterocycles. The summed E-state index contributed by atoms with van der Waals surface area (Å²) in [5, 5.41) is 20.1. The van der Waals surface area contributed by atoms with E-state index in [1.54, 1.807) is 30.1 Å². The molecule has 0 bridgehead atoms. The lowest BCUT2D eigenvalue weighted by Gasteiger charge is -2.28. The molecule has 0 unspecified atom stereocenters. The molecule has 3 rings (SSSR count). The molecule has 0 fully saturated rings. The molecule has 0 radical (unpaired) electrons. The van der Waals surface area contributed by atoms with Gasteiger partial charge in [0.1, 0.15) is 5.69 Å². The summed E-state index contributed by atoms with van der Waals surface area (Å²) < 4.78 is 0. The van der Waals surface area contributed by atoms with Gasteiger partial charge < -0.3 is 4.90 Å². The van der Waals surface area contributed by atoms with Gasteiger partial charge in [-0.05, 0) is 37.5 Å².